The second-order valence-electron chi connectivity index (χ2n) is 5.73. The summed E-state index contributed by atoms with van der Waals surface area (Å²) in [7, 11) is 1.60. The lowest BCUT2D eigenvalue weighted by Crippen LogP contribution is -2.64. The van der Waals surface area contributed by atoms with Gasteiger partial charge in [0.05, 0.1) is 24.9 Å². The summed E-state index contributed by atoms with van der Waals surface area (Å²) in [6, 6.07) is 7.55. The summed E-state index contributed by atoms with van der Waals surface area (Å²) in [5.74, 6) is 0.277. The van der Waals surface area contributed by atoms with Crippen LogP contribution in [0, 0.1) is 11.2 Å². The van der Waals surface area contributed by atoms with Gasteiger partial charge < -0.3 is 15.4 Å². The molecule has 0 bridgehead atoms. The van der Waals surface area contributed by atoms with E-state index in [2.05, 4.69) is 9.97 Å². The first kappa shape index (κ1) is 15.2. The summed E-state index contributed by atoms with van der Waals surface area (Å²) >= 11 is 0. The number of methoxy groups -OCH3 is 1. The lowest BCUT2D eigenvalue weighted by Gasteiger charge is -2.48. The average Bonchev–Trinajstić information content (AvgIpc) is 2.51. The minimum Gasteiger partial charge on any atom is -0.497 e. The monoisotopic (exact) mass is 316 g/mol. The molecule has 0 atom stereocenters. The highest BCUT2D eigenvalue weighted by molar-refractivity contribution is 5.84. The zero-order chi connectivity index (χ0) is 16.4. The molecule has 120 valence electrons. The maximum absolute atomic E-state index is 12.9. The van der Waals surface area contributed by atoms with Crippen LogP contribution in [0.1, 0.15) is 5.56 Å². The number of halogens is 1. The van der Waals surface area contributed by atoms with E-state index in [1.165, 1.54) is 0 Å². The number of anilines is 1. The third-order valence-corrected chi connectivity index (χ3v) is 4.08. The molecule has 1 aromatic carbocycles. The first-order valence-electron chi connectivity index (χ1n) is 7.18. The summed E-state index contributed by atoms with van der Waals surface area (Å²) in [4.78, 5) is 21.6. The zero-order valence-corrected chi connectivity index (χ0v) is 12.7. The molecule has 2 heterocycles. The van der Waals surface area contributed by atoms with Gasteiger partial charge in [-0.3, -0.25) is 4.79 Å². The summed E-state index contributed by atoms with van der Waals surface area (Å²) < 4.78 is 18.1. The van der Waals surface area contributed by atoms with E-state index in [1.807, 2.05) is 29.2 Å². The highest BCUT2D eigenvalue weighted by atomic mass is 19.1. The smallest absolute Gasteiger partial charge is 0.227 e. The molecular weight excluding hydrogens is 299 g/mol. The van der Waals surface area contributed by atoms with Crippen molar-refractivity contribution in [1.82, 2.24) is 9.97 Å². The Morgan fingerprint density at radius 3 is 2.70 bits per heavy atom. The Balaban J connectivity index is 1.75. The normalized spacial score (nSPS) is 15.8. The van der Waals surface area contributed by atoms with Crippen molar-refractivity contribution in [3.05, 3.63) is 48.0 Å². The minimum absolute atomic E-state index is 0.362. The highest BCUT2D eigenvalue weighted by Crippen LogP contribution is 2.36. The van der Waals surface area contributed by atoms with E-state index in [4.69, 9.17) is 10.5 Å². The van der Waals surface area contributed by atoms with Crippen LogP contribution in [0.2, 0.25) is 0 Å². The van der Waals surface area contributed by atoms with Gasteiger partial charge in [0.2, 0.25) is 11.9 Å². The molecular formula is C16H17FN4O2. The van der Waals surface area contributed by atoms with Gasteiger partial charge in [-0.25, -0.2) is 14.4 Å². The van der Waals surface area contributed by atoms with Crippen LogP contribution in [-0.4, -0.2) is 36.1 Å². The Hall–Kier alpha value is -2.70. The maximum Gasteiger partial charge on any atom is 0.227 e. The van der Waals surface area contributed by atoms with E-state index in [0.717, 1.165) is 23.7 Å². The number of hydrogen-bond donors (Lipinski definition) is 1. The number of carbonyl (C=O) groups is 1. The van der Waals surface area contributed by atoms with Crippen molar-refractivity contribution in [2.24, 2.45) is 11.1 Å². The topological polar surface area (TPSA) is 81.3 Å². The lowest BCUT2D eigenvalue weighted by atomic mass is 9.74. The first-order chi connectivity index (χ1) is 11.0. The molecule has 1 amide bonds. The number of hydrogen-bond acceptors (Lipinski definition) is 5. The molecule has 2 aromatic rings. The third-order valence-electron chi connectivity index (χ3n) is 4.08. The van der Waals surface area contributed by atoms with Gasteiger partial charge in [-0.15, -0.1) is 0 Å². The van der Waals surface area contributed by atoms with Crippen molar-refractivity contribution < 1.29 is 13.9 Å². The van der Waals surface area contributed by atoms with Crippen LogP contribution in [-0.2, 0) is 11.2 Å². The van der Waals surface area contributed by atoms with Gasteiger partial charge in [0, 0.05) is 13.1 Å². The molecule has 0 aliphatic carbocycles. The number of rotatable bonds is 5. The predicted molar refractivity (Wildman–Crippen MR) is 82.5 cm³/mol. The van der Waals surface area contributed by atoms with Gasteiger partial charge >= 0.3 is 0 Å². The van der Waals surface area contributed by atoms with Crippen molar-refractivity contribution in [3.63, 3.8) is 0 Å². The van der Waals surface area contributed by atoms with Crippen LogP contribution >= 0.6 is 0 Å². The molecule has 7 heteroatoms. The first-order valence-corrected chi connectivity index (χ1v) is 7.18. The molecule has 1 aromatic heterocycles. The number of amides is 1. The standard InChI is InChI=1S/C16H17FN4O2/c1-23-13-4-2-3-11(5-13)6-16(14(18)22)9-21(10-16)15-19-7-12(17)8-20-15/h2-5,7-8H,6,9-10H2,1H3,(H2,18,22). The average molecular weight is 316 g/mol. The molecule has 23 heavy (non-hydrogen) atoms. The van der Waals surface area contributed by atoms with Gasteiger partial charge in [0.15, 0.2) is 5.82 Å². The van der Waals surface area contributed by atoms with E-state index < -0.39 is 11.2 Å². The second kappa shape index (κ2) is 5.83. The van der Waals surface area contributed by atoms with E-state index in [1.54, 1.807) is 7.11 Å². The van der Waals surface area contributed by atoms with Crippen LogP contribution in [0.3, 0.4) is 0 Å². The largest absolute Gasteiger partial charge is 0.497 e. The van der Waals surface area contributed by atoms with Gasteiger partial charge in [0.1, 0.15) is 5.75 Å². The van der Waals surface area contributed by atoms with Gasteiger partial charge in [-0.05, 0) is 24.1 Å². The Labute approximate surface area is 133 Å². The summed E-state index contributed by atoms with van der Waals surface area (Å²) in [6.07, 6.45) is 2.72. The fourth-order valence-electron chi connectivity index (χ4n) is 2.82. The fourth-order valence-corrected chi connectivity index (χ4v) is 2.82. The predicted octanol–water partition coefficient (Wildman–Crippen LogP) is 1.16. The number of nitrogens with zero attached hydrogens (tertiary/aromatic N) is 3. The zero-order valence-electron chi connectivity index (χ0n) is 12.7. The summed E-state index contributed by atoms with van der Waals surface area (Å²) in [5.41, 5.74) is 5.92. The molecule has 3 rings (SSSR count). The van der Waals surface area contributed by atoms with Gasteiger partial charge in [0.25, 0.3) is 0 Å². The second-order valence-corrected chi connectivity index (χ2v) is 5.73. The molecule has 1 aliphatic rings. The fraction of sp³-hybridized carbons (Fsp3) is 0.312. The van der Waals surface area contributed by atoms with Crippen molar-refractivity contribution >= 4 is 11.9 Å². The Morgan fingerprint density at radius 2 is 2.09 bits per heavy atom. The number of benzene rings is 1. The van der Waals surface area contributed by atoms with E-state index >= 15 is 0 Å². The van der Waals surface area contributed by atoms with Crippen LogP contribution in [0.25, 0.3) is 0 Å². The van der Waals surface area contributed by atoms with Gasteiger partial charge in [-0.2, -0.15) is 0 Å². The Morgan fingerprint density at radius 1 is 1.39 bits per heavy atom. The van der Waals surface area contributed by atoms with Crippen LogP contribution in [0.4, 0.5) is 10.3 Å². The Bertz CT molecular complexity index is 714. The molecule has 1 fully saturated rings. The number of primary amides is 1. The van der Waals surface area contributed by atoms with Crippen LogP contribution in [0.15, 0.2) is 36.7 Å². The molecule has 0 unspecified atom stereocenters. The highest BCUT2D eigenvalue weighted by Gasteiger charge is 2.49. The molecule has 1 saturated heterocycles. The van der Waals surface area contributed by atoms with E-state index in [9.17, 15) is 9.18 Å². The number of nitrogens with two attached hydrogens (primary N) is 1. The minimum atomic E-state index is -0.676. The molecule has 1 aliphatic heterocycles. The van der Waals surface area contributed by atoms with E-state index in [0.29, 0.717) is 25.5 Å². The van der Waals surface area contributed by atoms with Crippen LogP contribution < -0.4 is 15.4 Å². The van der Waals surface area contributed by atoms with E-state index in [-0.39, 0.29) is 5.91 Å². The molecule has 6 nitrogen and oxygen atoms in total. The van der Waals surface area contributed by atoms with Crippen molar-refractivity contribution in [3.8, 4) is 5.75 Å². The molecule has 0 saturated carbocycles. The van der Waals surface area contributed by atoms with Crippen molar-refractivity contribution in [1.29, 1.82) is 0 Å². The molecule has 2 N–H and O–H groups in total. The molecule has 0 radical (unpaired) electrons. The lowest BCUT2D eigenvalue weighted by molar-refractivity contribution is -0.129. The number of carbonyl (C=O) groups excluding carboxylic acids is 1. The summed E-state index contributed by atoms with van der Waals surface area (Å²) in [5, 5.41) is 0. The van der Waals surface area contributed by atoms with Crippen LogP contribution in [0.5, 0.6) is 5.75 Å². The summed E-state index contributed by atoms with van der Waals surface area (Å²) in [6.45, 7) is 0.816. The molecule has 0 spiro atoms. The van der Waals surface area contributed by atoms with Gasteiger partial charge in [-0.1, -0.05) is 12.1 Å². The number of ether oxygens (including phenoxy) is 1. The SMILES string of the molecule is COc1cccc(CC2(C(N)=O)CN(c3ncc(F)cn3)C2)c1. The van der Waals surface area contributed by atoms with Crippen molar-refractivity contribution in [2.75, 3.05) is 25.1 Å². The van der Waals surface area contributed by atoms with Crippen molar-refractivity contribution in [2.45, 2.75) is 6.42 Å². The quantitative estimate of drug-likeness (QED) is 0.895. The Kier molecular flexibility index (Phi) is 3.85. The third kappa shape index (κ3) is 2.94. The number of aromatic nitrogens is 2. The maximum atomic E-state index is 12.9.